The number of hydrogen-bond donors (Lipinski definition) is 0. The number of carbonyl (C=O) groups is 1. The third-order valence-electron chi connectivity index (χ3n) is 2.09. The Kier molecular flexibility index (Phi) is 3.95. The highest BCUT2D eigenvalue weighted by Crippen LogP contribution is 2.25. The van der Waals surface area contributed by atoms with Crippen LogP contribution in [0.25, 0.3) is 0 Å². The molecule has 14 heavy (non-hydrogen) atoms. The summed E-state index contributed by atoms with van der Waals surface area (Å²) in [5.41, 5.74) is 0. The molecule has 1 aromatic heterocycles. The first kappa shape index (κ1) is 11.0. The molecular weight excluding hydrogens is 198 g/mol. The van der Waals surface area contributed by atoms with Crippen LogP contribution in [0, 0.1) is 0 Å². The second-order valence-electron chi connectivity index (χ2n) is 2.80. The zero-order chi connectivity index (χ0) is 10.6. The maximum Gasteiger partial charge on any atom is 0.267 e. The van der Waals surface area contributed by atoms with Gasteiger partial charge in [0.15, 0.2) is 0 Å². The lowest BCUT2D eigenvalue weighted by molar-refractivity contribution is 0.0775. The molecule has 0 atom stereocenters. The van der Waals surface area contributed by atoms with Gasteiger partial charge in [-0.1, -0.05) is 0 Å². The predicted octanol–water partition coefficient (Wildman–Crippen LogP) is 2.24. The molecule has 0 fully saturated rings. The van der Waals surface area contributed by atoms with E-state index in [0.29, 0.717) is 10.6 Å². The molecule has 0 radical (unpaired) electrons. The Bertz CT molecular complexity index is 305. The molecule has 0 aromatic carbocycles. The average Bonchev–Trinajstić information content (AvgIpc) is 2.67. The van der Waals surface area contributed by atoms with Crippen molar-refractivity contribution in [1.82, 2.24) is 4.90 Å². The van der Waals surface area contributed by atoms with E-state index >= 15 is 0 Å². The van der Waals surface area contributed by atoms with Crippen molar-refractivity contribution in [3.63, 3.8) is 0 Å². The molecule has 0 aliphatic carbocycles. The minimum absolute atomic E-state index is 0.0573. The van der Waals surface area contributed by atoms with Gasteiger partial charge in [-0.2, -0.15) is 0 Å². The van der Waals surface area contributed by atoms with E-state index in [-0.39, 0.29) is 5.91 Å². The first-order chi connectivity index (χ1) is 6.74. The molecule has 0 unspecified atom stereocenters. The second kappa shape index (κ2) is 5.00. The Morgan fingerprint density at radius 3 is 2.64 bits per heavy atom. The summed E-state index contributed by atoms with van der Waals surface area (Å²) >= 11 is 1.43. The van der Waals surface area contributed by atoms with Crippen LogP contribution in [0.3, 0.4) is 0 Å². The summed E-state index contributed by atoms with van der Waals surface area (Å²) < 4.78 is 5.11. The lowest BCUT2D eigenvalue weighted by atomic mass is 10.3. The Morgan fingerprint density at radius 2 is 2.14 bits per heavy atom. The van der Waals surface area contributed by atoms with E-state index < -0.39 is 0 Å². The summed E-state index contributed by atoms with van der Waals surface area (Å²) in [5.74, 6) is 0.730. The maximum atomic E-state index is 11.9. The van der Waals surface area contributed by atoms with Crippen molar-refractivity contribution in [2.24, 2.45) is 0 Å². The van der Waals surface area contributed by atoms with Crippen LogP contribution in [0.2, 0.25) is 0 Å². The third-order valence-corrected chi connectivity index (χ3v) is 2.98. The normalized spacial score (nSPS) is 9.93. The van der Waals surface area contributed by atoms with Crippen LogP contribution in [-0.2, 0) is 0 Å². The van der Waals surface area contributed by atoms with Gasteiger partial charge >= 0.3 is 0 Å². The third kappa shape index (κ3) is 2.07. The first-order valence-corrected chi connectivity index (χ1v) is 5.53. The van der Waals surface area contributed by atoms with Crippen molar-refractivity contribution in [2.45, 2.75) is 13.8 Å². The van der Waals surface area contributed by atoms with Crippen LogP contribution in [0.5, 0.6) is 5.75 Å². The molecule has 1 aromatic rings. The number of thiophene rings is 1. The summed E-state index contributed by atoms with van der Waals surface area (Å²) in [5, 5.41) is 1.87. The molecule has 0 spiro atoms. The van der Waals surface area contributed by atoms with Crippen molar-refractivity contribution in [1.29, 1.82) is 0 Å². The predicted molar refractivity (Wildman–Crippen MR) is 58.1 cm³/mol. The highest BCUT2D eigenvalue weighted by Gasteiger charge is 2.18. The van der Waals surface area contributed by atoms with E-state index in [9.17, 15) is 4.79 Å². The quantitative estimate of drug-likeness (QED) is 0.767. The van der Waals surface area contributed by atoms with Gasteiger partial charge in [0, 0.05) is 13.1 Å². The molecule has 3 nitrogen and oxygen atoms in total. The van der Waals surface area contributed by atoms with E-state index in [1.54, 1.807) is 12.0 Å². The van der Waals surface area contributed by atoms with Crippen LogP contribution >= 0.6 is 11.3 Å². The number of ether oxygens (including phenoxy) is 1. The number of carbonyl (C=O) groups excluding carboxylic acids is 1. The zero-order valence-electron chi connectivity index (χ0n) is 8.74. The van der Waals surface area contributed by atoms with Crippen molar-refractivity contribution < 1.29 is 9.53 Å². The van der Waals surface area contributed by atoms with E-state index in [0.717, 1.165) is 13.1 Å². The van der Waals surface area contributed by atoms with Gasteiger partial charge < -0.3 is 9.64 Å². The first-order valence-electron chi connectivity index (χ1n) is 4.65. The number of rotatable bonds is 4. The van der Waals surface area contributed by atoms with Crippen molar-refractivity contribution in [3.05, 3.63) is 16.3 Å². The summed E-state index contributed by atoms with van der Waals surface area (Å²) in [6, 6.07) is 1.82. The van der Waals surface area contributed by atoms with Gasteiger partial charge in [-0.15, -0.1) is 11.3 Å². The smallest absolute Gasteiger partial charge is 0.267 e. The minimum atomic E-state index is 0.0573. The minimum Gasteiger partial charge on any atom is -0.495 e. The Balaban J connectivity index is 2.87. The standard InChI is InChI=1S/C10H15NO2S/c1-4-11(5-2)10(12)9-8(13-3)6-7-14-9/h6-7H,4-5H2,1-3H3. The molecule has 0 saturated heterocycles. The number of nitrogens with zero attached hydrogens (tertiary/aromatic N) is 1. The van der Waals surface area contributed by atoms with Gasteiger partial charge in [-0.25, -0.2) is 0 Å². The van der Waals surface area contributed by atoms with E-state index in [4.69, 9.17) is 4.74 Å². The molecule has 1 amide bonds. The Labute approximate surface area is 88.3 Å². The molecule has 0 saturated carbocycles. The van der Waals surface area contributed by atoms with Gasteiger partial charge in [0.2, 0.25) is 0 Å². The fraction of sp³-hybridized carbons (Fsp3) is 0.500. The van der Waals surface area contributed by atoms with E-state index in [1.165, 1.54) is 11.3 Å². The highest BCUT2D eigenvalue weighted by atomic mass is 32.1. The van der Waals surface area contributed by atoms with Crippen LogP contribution < -0.4 is 4.74 Å². The fourth-order valence-corrected chi connectivity index (χ4v) is 2.09. The number of amides is 1. The highest BCUT2D eigenvalue weighted by molar-refractivity contribution is 7.12. The van der Waals surface area contributed by atoms with Crippen LogP contribution in [0.4, 0.5) is 0 Å². The van der Waals surface area contributed by atoms with Gasteiger partial charge in [-0.3, -0.25) is 4.79 Å². The van der Waals surface area contributed by atoms with E-state index in [1.807, 2.05) is 25.3 Å². The molecule has 78 valence electrons. The number of methoxy groups -OCH3 is 1. The van der Waals surface area contributed by atoms with Gasteiger partial charge in [0.05, 0.1) is 7.11 Å². The van der Waals surface area contributed by atoms with Crippen LogP contribution in [0.1, 0.15) is 23.5 Å². The molecular formula is C10H15NO2S. The molecule has 1 heterocycles. The monoisotopic (exact) mass is 213 g/mol. The zero-order valence-corrected chi connectivity index (χ0v) is 9.56. The average molecular weight is 213 g/mol. The van der Waals surface area contributed by atoms with Gasteiger partial charge in [0.1, 0.15) is 10.6 Å². The fourth-order valence-electron chi connectivity index (χ4n) is 1.27. The molecule has 0 N–H and O–H groups in total. The summed E-state index contributed by atoms with van der Waals surface area (Å²) in [4.78, 5) is 14.4. The largest absolute Gasteiger partial charge is 0.495 e. The topological polar surface area (TPSA) is 29.5 Å². The molecule has 4 heteroatoms. The lowest BCUT2D eigenvalue weighted by Gasteiger charge is -2.17. The molecule has 1 rings (SSSR count). The van der Waals surface area contributed by atoms with Gasteiger partial charge in [0.25, 0.3) is 5.91 Å². The van der Waals surface area contributed by atoms with Crippen LogP contribution in [-0.4, -0.2) is 31.0 Å². The SMILES string of the molecule is CCN(CC)C(=O)c1sccc1OC. The van der Waals surface area contributed by atoms with E-state index in [2.05, 4.69) is 0 Å². The molecule has 0 aliphatic rings. The maximum absolute atomic E-state index is 11.9. The van der Waals surface area contributed by atoms with Crippen molar-refractivity contribution >= 4 is 17.2 Å². The second-order valence-corrected chi connectivity index (χ2v) is 3.71. The summed E-state index contributed by atoms with van der Waals surface area (Å²) in [6.45, 7) is 5.41. The lowest BCUT2D eigenvalue weighted by Crippen LogP contribution is -2.30. The summed E-state index contributed by atoms with van der Waals surface area (Å²) in [6.07, 6.45) is 0. The van der Waals surface area contributed by atoms with Crippen molar-refractivity contribution in [2.75, 3.05) is 20.2 Å². The Morgan fingerprint density at radius 1 is 1.50 bits per heavy atom. The summed E-state index contributed by atoms with van der Waals surface area (Å²) in [7, 11) is 1.58. The van der Waals surface area contributed by atoms with Crippen molar-refractivity contribution in [3.8, 4) is 5.75 Å². The Hall–Kier alpha value is -1.03. The molecule has 0 aliphatic heterocycles. The van der Waals surface area contributed by atoms with Gasteiger partial charge in [-0.05, 0) is 25.3 Å². The molecule has 0 bridgehead atoms. The van der Waals surface area contributed by atoms with Crippen LogP contribution in [0.15, 0.2) is 11.4 Å². The number of hydrogen-bond acceptors (Lipinski definition) is 3.